The van der Waals surface area contributed by atoms with Crippen LogP contribution < -0.4 is 16.4 Å². The number of nitrogens with zero attached hydrogens (tertiary/aromatic N) is 1. The molecule has 4 N–H and O–H groups in total. The van der Waals surface area contributed by atoms with E-state index in [1.54, 1.807) is 11.0 Å². The smallest absolute Gasteiger partial charge is 0.255 e. The monoisotopic (exact) mass is 506 g/mol. The molecule has 12 heteroatoms. The molecule has 0 radical (unpaired) electrons. The molecule has 10 nitrogen and oxygen atoms in total. The van der Waals surface area contributed by atoms with Crippen LogP contribution in [0.25, 0.3) is 0 Å². The Morgan fingerprint density at radius 3 is 2.33 bits per heavy atom. The fourth-order valence-corrected chi connectivity index (χ4v) is 3.63. The summed E-state index contributed by atoms with van der Waals surface area (Å²) in [5.41, 5.74) is 7.62. The van der Waals surface area contributed by atoms with Gasteiger partial charge in [-0.1, -0.05) is 6.07 Å². The summed E-state index contributed by atoms with van der Waals surface area (Å²) in [4.78, 5) is 37.9. The molecule has 1 aromatic carbocycles. The van der Waals surface area contributed by atoms with Crippen molar-refractivity contribution in [3.05, 3.63) is 29.3 Å². The van der Waals surface area contributed by atoms with Crippen molar-refractivity contribution in [2.75, 3.05) is 58.0 Å². The van der Waals surface area contributed by atoms with E-state index in [4.69, 9.17) is 19.9 Å². The minimum absolute atomic E-state index is 0. The molecule has 0 aromatic heterocycles. The SMILES string of the molecule is Cl.Cl.NCCOCCOCCOCCNc1cccc2c1CN(C1CCC(=O)NC1=O)C2=O. The first-order chi connectivity index (χ1) is 15.1. The molecule has 186 valence electrons. The second-order valence-corrected chi connectivity index (χ2v) is 7.28. The summed E-state index contributed by atoms with van der Waals surface area (Å²) in [6.45, 7) is 4.43. The summed E-state index contributed by atoms with van der Waals surface area (Å²) in [5, 5.41) is 5.62. The Labute approximate surface area is 205 Å². The number of anilines is 1. The molecule has 1 atom stereocenters. The molecule has 1 aromatic rings. The Kier molecular flexibility index (Phi) is 13.3. The number of nitrogens with two attached hydrogens (primary N) is 1. The van der Waals surface area contributed by atoms with E-state index in [0.717, 1.165) is 11.3 Å². The van der Waals surface area contributed by atoms with Gasteiger partial charge in [0, 0.05) is 42.9 Å². The van der Waals surface area contributed by atoms with Crippen molar-refractivity contribution in [3.63, 3.8) is 0 Å². The van der Waals surface area contributed by atoms with Gasteiger partial charge in [-0.2, -0.15) is 0 Å². The highest BCUT2D eigenvalue weighted by Crippen LogP contribution is 2.32. The lowest BCUT2D eigenvalue weighted by Crippen LogP contribution is -2.52. The Morgan fingerprint density at radius 2 is 1.67 bits per heavy atom. The Balaban J connectivity index is 0.00000272. The van der Waals surface area contributed by atoms with Gasteiger partial charge in [-0.25, -0.2) is 0 Å². The molecule has 0 spiro atoms. The number of hydrogen-bond acceptors (Lipinski definition) is 8. The molecule has 2 aliphatic rings. The number of fused-ring (bicyclic) bond motifs is 1. The number of carbonyl (C=O) groups excluding carboxylic acids is 3. The summed E-state index contributed by atoms with van der Waals surface area (Å²) in [6.07, 6.45) is 0.589. The first-order valence-corrected chi connectivity index (χ1v) is 10.6. The maximum atomic E-state index is 12.8. The lowest BCUT2D eigenvalue weighted by atomic mass is 10.0. The summed E-state index contributed by atoms with van der Waals surface area (Å²) in [5.74, 6) is -0.886. The van der Waals surface area contributed by atoms with E-state index in [9.17, 15) is 14.4 Å². The molecule has 3 amide bonds. The number of halogens is 2. The fourth-order valence-electron chi connectivity index (χ4n) is 3.63. The molecule has 0 bridgehead atoms. The number of rotatable bonds is 13. The molecule has 1 fully saturated rings. The van der Waals surface area contributed by atoms with E-state index in [-0.39, 0.29) is 43.0 Å². The summed E-state index contributed by atoms with van der Waals surface area (Å²) >= 11 is 0. The normalized spacial score (nSPS) is 17.2. The Bertz CT molecular complexity index is 798. The number of amides is 3. The van der Waals surface area contributed by atoms with E-state index in [0.29, 0.717) is 71.3 Å². The Morgan fingerprint density at radius 1 is 1.00 bits per heavy atom. The Hall–Kier alpha value is -1.95. The van der Waals surface area contributed by atoms with Gasteiger partial charge in [-0.15, -0.1) is 24.8 Å². The maximum absolute atomic E-state index is 12.8. The highest BCUT2D eigenvalue weighted by molar-refractivity contribution is 6.06. The lowest BCUT2D eigenvalue weighted by Gasteiger charge is -2.29. The van der Waals surface area contributed by atoms with Crippen molar-refractivity contribution in [2.24, 2.45) is 5.73 Å². The second kappa shape index (κ2) is 15.0. The van der Waals surface area contributed by atoms with E-state index in [1.165, 1.54) is 0 Å². The van der Waals surface area contributed by atoms with Gasteiger partial charge in [0.2, 0.25) is 11.8 Å². The molecule has 33 heavy (non-hydrogen) atoms. The van der Waals surface area contributed by atoms with Gasteiger partial charge in [0.25, 0.3) is 5.91 Å². The molecule has 0 saturated carbocycles. The van der Waals surface area contributed by atoms with Crippen LogP contribution in [0.3, 0.4) is 0 Å². The number of nitrogens with one attached hydrogen (secondary N) is 2. The second-order valence-electron chi connectivity index (χ2n) is 7.28. The van der Waals surface area contributed by atoms with E-state index in [1.807, 2.05) is 12.1 Å². The molecule has 1 saturated heterocycles. The number of benzene rings is 1. The standard InChI is InChI=1S/C21H30N4O6.2ClH/c22-6-8-29-10-12-31-13-11-30-9-7-23-17-3-1-2-15-16(17)14-25(21(15)28)18-4-5-19(26)24-20(18)27;;/h1-3,18,23H,4-14,22H2,(H,24,26,27);2*1H. The number of carbonyl (C=O) groups is 3. The summed E-state index contributed by atoms with van der Waals surface area (Å²) < 4.78 is 16.2. The van der Waals surface area contributed by atoms with Crippen molar-refractivity contribution in [3.8, 4) is 0 Å². The third-order valence-corrected chi connectivity index (χ3v) is 5.15. The molecule has 2 heterocycles. The third kappa shape index (κ3) is 8.09. The molecule has 0 aliphatic carbocycles. The quantitative estimate of drug-likeness (QED) is 0.263. The molecule has 3 rings (SSSR count). The minimum atomic E-state index is -0.616. The summed E-state index contributed by atoms with van der Waals surface area (Å²) in [6, 6.07) is 4.87. The van der Waals surface area contributed by atoms with E-state index >= 15 is 0 Å². The zero-order valence-corrected chi connectivity index (χ0v) is 20.0. The average molecular weight is 507 g/mol. The van der Waals surface area contributed by atoms with Crippen LogP contribution in [0.4, 0.5) is 5.69 Å². The largest absolute Gasteiger partial charge is 0.382 e. The van der Waals surface area contributed by atoms with E-state index < -0.39 is 11.9 Å². The van der Waals surface area contributed by atoms with Gasteiger partial charge in [-0.05, 0) is 18.6 Å². The fraction of sp³-hybridized carbons (Fsp3) is 0.571. The van der Waals surface area contributed by atoms with Crippen molar-refractivity contribution < 1.29 is 28.6 Å². The van der Waals surface area contributed by atoms with Gasteiger partial charge < -0.3 is 30.2 Å². The lowest BCUT2D eigenvalue weighted by molar-refractivity contribution is -0.136. The zero-order chi connectivity index (χ0) is 22.1. The van der Waals surface area contributed by atoms with Crippen LogP contribution in [0.2, 0.25) is 0 Å². The van der Waals surface area contributed by atoms with Crippen molar-refractivity contribution in [1.82, 2.24) is 10.2 Å². The van der Waals surface area contributed by atoms with Crippen LogP contribution in [0, 0.1) is 0 Å². The molecular weight excluding hydrogens is 475 g/mol. The summed E-state index contributed by atoms with van der Waals surface area (Å²) in [7, 11) is 0. The van der Waals surface area contributed by atoms with Crippen LogP contribution in [0.15, 0.2) is 18.2 Å². The maximum Gasteiger partial charge on any atom is 0.255 e. The van der Waals surface area contributed by atoms with Crippen LogP contribution in [-0.4, -0.2) is 81.4 Å². The minimum Gasteiger partial charge on any atom is -0.382 e. The van der Waals surface area contributed by atoms with Crippen LogP contribution in [-0.2, 0) is 30.3 Å². The van der Waals surface area contributed by atoms with Crippen LogP contribution >= 0.6 is 24.8 Å². The number of ether oxygens (including phenoxy) is 3. The number of piperidine rings is 1. The van der Waals surface area contributed by atoms with Crippen LogP contribution in [0.5, 0.6) is 0 Å². The molecular formula is C21H32Cl2N4O6. The first-order valence-electron chi connectivity index (χ1n) is 10.6. The van der Waals surface area contributed by atoms with Crippen LogP contribution in [0.1, 0.15) is 28.8 Å². The highest BCUT2D eigenvalue weighted by atomic mass is 35.5. The van der Waals surface area contributed by atoms with Gasteiger partial charge in [0.15, 0.2) is 0 Å². The predicted octanol–water partition coefficient (Wildman–Crippen LogP) is 0.712. The third-order valence-electron chi connectivity index (χ3n) is 5.15. The number of imide groups is 1. The average Bonchev–Trinajstić information content (AvgIpc) is 3.09. The van der Waals surface area contributed by atoms with Gasteiger partial charge in [0.1, 0.15) is 6.04 Å². The molecule has 1 unspecified atom stereocenters. The highest BCUT2D eigenvalue weighted by Gasteiger charge is 2.39. The zero-order valence-electron chi connectivity index (χ0n) is 18.4. The van der Waals surface area contributed by atoms with Gasteiger partial charge >= 0.3 is 0 Å². The van der Waals surface area contributed by atoms with E-state index in [2.05, 4.69) is 10.6 Å². The topological polar surface area (TPSA) is 132 Å². The van der Waals surface area contributed by atoms with Crippen molar-refractivity contribution >= 4 is 48.2 Å². The van der Waals surface area contributed by atoms with Gasteiger partial charge in [0.05, 0.1) is 39.6 Å². The van der Waals surface area contributed by atoms with Gasteiger partial charge in [-0.3, -0.25) is 19.7 Å². The molecule has 2 aliphatic heterocycles. The first kappa shape index (κ1) is 29.1. The van der Waals surface area contributed by atoms with Crippen molar-refractivity contribution in [2.45, 2.75) is 25.4 Å². The predicted molar refractivity (Wildman–Crippen MR) is 127 cm³/mol. The van der Waals surface area contributed by atoms with Crippen molar-refractivity contribution in [1.29, 1.82) is 0 Å². The number of hydrogen-bond donors (Lipinski definition) is 3.